The molecule has 33 heavy (non-hydrogen) atoms. The number of nitriles is 1. The molecule has 2 heterocycles. The van der Waals surface area contributed by atoms with Crippen LogP contribution in [0.5, 0.6) is 0 Å². The summed E-state index contributed by atoms with van der Waals surface area (Å²) in [5.41, 5.74) is 2.87. The van der Waals surface area contributed by atoms with Crippen molar-refractivity contribution in [3.8, 4) is 6.07 Å². The number of benzene rings is 3. The van der Waals surface area contributed by atoms with Gasteiger partial charge in [-0.05, 0) is 16.5 Å². The predicted octanol–water partition coefficient (Wildman–Crippen LogP) is 4.67. The number of hydrogen-bond donors (Lipinski definition) is 0. The highest BCUT2D eigenvalue weighted by Crippen LogP contribution is 2.32. The van der Waals surface area contributed by atoms with Crippen LogP contribution in [0.15, 0.2) is 97.3 Å². The molecule has 1 aliphatic rings. The summed E-state index contributed by atoms with van der Waals surface area (Å²) in [7, 11) is 0. The van der Waals surface area contributed by atoms with Crippen molar-refractivity contribution in [2.45, 2.75) is 12.1 Å². The van der Waals surface area contributed by atoms with E-state index >= 15 is 0 Å². The molecule has 1 saturated heterocycles. The third-order valence-corrected chi connectivity index (χ3v) is 6.32. The minimum Gasteiger partial charge on any atom is -0.335 e. The lowest BCUT2D eigenvalue weighted by molar-refractivity contribution is 0.0501. The Bertz CT molecular complexity index is 1260. The van der Waals surface area contributed by atoms with Crippen LogP contribution in [-0.4, -0.2) is 46.4 Å². The van der Waals surface area contributed by atoms with Gasteiger partial charge in [-0.1, -0.05) is 84.9 Å². The first-order valence-corrected chi connectivity index (χ1v) is 11.1. The van der Waals surface area contributed by atoms with E-state index in [9.17, 15) is 10.1 Å². The van der Waals surface area contributed by atoms with Gasteiger partial charge in [0.15, 0.2) is 0 Å². The maximum Gasteiger partial charge on any atom is 0.256 e. The fraction of sp³-hybridized carbons (Fsp3) is 0.179. The minimum atomic E-state index is -0.420. The topological polar surface area (TPSA) is 60.2 Å². The van der Waals surface area contributed by atoms with Crippen molar-refractivity contribution in [1.82, 2.24) is 14.8 Å². The van der Waals surface area contributed by atoms with Crippen molar-refractivity contribution in [3.63, 3.8) is 0 Å². The smallest absolute Gasteiger partial charge is 0.256 e. The lowest BCUT2D eigenvalue weighted by Gasteiger charge is -2.42. The summed E-state index contributed by atoms with van der Waals surface area (Å²) in [4.78, 5) is 21.7. The zero-order chi connectivity index (χ0) is 22.6. The number of nitrogens with zero attached hydrogens (tertiary/aromatic N) is 4. The Labute approximate surface area is 193 Å². The maximum atomic E-state index is 13.4. The second-order valence-corrected chi connectivity index (χ2v) is 8.27. The van der Waals surface area contributed by atoms with Crippen molar-refractivity contribution in [1.29, 1.82) is 5.26 Å². The first-order chi connectivity index (χ1) is 16.3. The molecule has 0 saturated carbocycles. The van der Waals surface area contributed by atoms with Gasteiger partial charge < -0.3 is 4.90 Å². The number of amides is 1. The van der Waals surface area contributed by atoms with Gasteiger partial charge in [-0.15, -0.1) is 0 Å². The first-order valence-electron chi connectivity index (χ1n) is 11.1. The summed E-state index contributed by atoms with van der Waals surface area (Å²) in [5, 5.41) is 11.9. The van der Waals surface area contributed by atoms with E-state index in [2.05, 4.69) is 40.2 Å². The van der Waals surface area contributed by atoms with E-state index in [1.807, 2.05) is 60.7 Å². The molecular weight excluding hydrogens is 408 g/mol. The summed E-state index contributed by atoms with van der Waals surface area (Å²) in [6.07, 6.45) is 3.40. The minimum absolute atomic E-state index is 0.0477. The van der Waals surface area contributed by atoms with Gasteiger partial charge in [0.1, 0.15) is 6.04 Å². The van der Waals surface area contributed by atoms with Crippen LogP contribution in [0.25, 0.3) is 10.8 Å². The van der Waals surface area contributed by atoms with Crippen molar-refractivity contribution < 1.29 is 4.79 Å². The number of fused-ring (bicyclic) bond motifs is 1. The molecule has 5 rings (SSSR count). The van der Waals surface area contributed by atoms with E-state index < -0.39 is 6.04 Å². The molecule has 162 valence electrons. The molecule has 0 aliphatic carbocycles. The predicted molar refractivity (Wildman–Crippen MR) is 128 cm³/mol. The number of piperazine rings is 1. The molecular formula is C28H24N4O. The van der Waals surface area contributed by atoms with E-state index in [1.54, 1.807) is 17.3 Å². The SMILES string of the molecule is N#C[C@@H]1CN(C(=O)c2cncc3ccccc23)CCN1C(c1ccccc1)c1ccccc1. The van der Waals surface area contributed by atoms with E-state index in [0.29, 0.717) is 25.2 Å². The molecule has 1 fully saturated rings. The lowest BCUT2D eigenvalue weighted by Crippen LogP contribution is -2.55. The van der Waals surface area contributed by atoms with Gasteiger partial charge >= 0.3 is 0 Å². The first kappa shape index (κ1) is 20.9. The fourth-order valence-corrected chi connectivity index (χ4v) is 4.71. The van der Waals surface area contributed by atoms with Crippen LogP contribution in [0.2, 0.25) is 0 Å². The van der Waals surface area contributed by atoms with E-state index in [-0.39, 0.29) is 11.9 Å². The van der Waals surface area contributed by atoms with Crippen molar-refractivity contribution in [2.24, 2.45) is 0 Å². The van der Waals surface area contributed by atoms with Crippen LogP contribution < -0.4 is 0 Å². The average Bonchev–Trinajstić information content (AvgIpc) is 2.89. The number of pyridine rings is 1. The fourth-order valence-electron chi connectivity index (χ4n) is 4.71. The second kappa shape index (κ2) is 9.23. The molecule has 3 aromatic carbocycles. The molecule has 0 spiro atoms. The van der Waals surface area contributed by atoms with Gasteiger partial charge in [-0.25, -0.2) is 0 Å². The van der Waals surface area contributed by atoms with Gasteiger partial charge in [-0.3, -0.25) is 14.7 Å². The van der Waals surface area contributed by atoms with Crippen molar-refractivity contribution in [3.05, 3.63) is 114 Å². The second-order valence-electron chi connectivity index (χ2n) is 8.27. The van der Waals surface area contributed by atoms with Crippen LogP contribution in [0.1, 0.15) is 27.5 Å². The maximum absolute atomic E-state index is 13.4. The Balaban J connectivity index is 1.45. The summed E-state index contributed by atoms with van der Waals surface area (Å²) >= 11 is 0. The standard InChI is InChI=1S/C28H24N4O/c29-17-24-20-31(28(33)26-19-30-18-23-13-7-8-14-25(23)26)15-16-32(24)27(21-9-3-1-4-10-21)22-11-5-2-6-12-22/h1-14,18-19,24,27H,15-16,20H2/t24-/m1/s1. The van der Waals surface area contributed by atoms with Gasteiger partial charge in [0, 0.05) is 37.4 Å². The Morgan fingerprint density at radius 2 is 1.52 bits per heavy atom. The molecule has 5 nitrogen and oxygen atoms in total. The van der Waals surface area contributed by atoms with E-state index in [0.717, 1.165) is 21.9 Å². The van der Waals surface area contributed by atoms with Crippen LogP contribution in [0, 0.1) is 11.3 Å². The molecule has 1 atom stereocenters. The van der Waals surface area contributed by atoms with E-state index in [4.69, 9.17) is 0 Å². The third kappa shape index (κ3) is 4.09. The summed E-state index contributed by atoms with van der Waals surface area (Å²) in [6, 6.07) is 30.3. The van der Waals surface area contributed by atoms with Gasteiger partial charge in [0.05, 0.1) is 17.7 Å². The number of carbonyl (C=O) groups excluding carboxylic acids is 1. The van der Waals surface area contributed by atoms with Gasteiger partial charge in [-0.2, -0.15) is 5.26 Å². The molecule has 0 radical (unpaired) electrons. The number of rotatable bonds is 4. The number of aromatic nitrogens is 1. The molecule has 4 aromatic rings. The largest absolute Gasteiger partial charge is 0.335 e. The monoisotopic (exact) mass is 432 g/mol. The van der Waals surface area contributed by atoms with Gasteiger partial charge in [0.2, 0.25) is 0 Å². The number of carbonyl (C=O) groups is 1. The average molecular weight is 433 g/mol. The Hall–Kier alpha value is -4.01. The lowest BCUT2D eigenvalue weighted by atomic mass is 9.94. The van der Waals surface area contributed by atoms with Crippen LogP contribution in [0.3, 0.4) is 0 Å². The Morgan fingerprint density at radius 3 is 2.18 bits per heavy atom. The van der Waals surface area contributed by atoms with Crippen LogP contribution in [-0.2, 0) is 0 Å². The van der Waals surface area contributed by atoms with E-state index in [1.165, 1.54) is 0 Å². The summed E-state index contributed by atoms with van der Waals surface area (Å²) in [6.45, 7) is 1.52. The molecule has 0 unspecified atom stereocenters. The van der Waals surface area contributed by atoms with Crippen molar-refractivity contribution >= 4 is 16.7 Å². The highest BCUT2D eigenvalue weighted by molar-refractivity contribution is 6.06. The normalized spacial score (nSPS) is 16.6. The Morgan fingerprint density at radius 1 is 0.879 bits per heavy atom. The van der Waals surface area contributed by atoms with Gasteiger partial charge in [0.25, 0.3) is 5.91 Å². The molecule has 1 amide bonds. The summed E-state index contributed by atoms with van der Waals surface area (Å²) in [5.74, 6) is -0.0739. The zero-order valence-corrected chi connectivity index (χ0v) is 18.2. The molecule has 0 bridgehead atoms. The quantitative estimate of drug-likeness (QED) is 0.470. The highest BCUT2D eigenvalue weighted by Gasteiger charge is 2.35. The molecule has 5 heteroatoms. The Kier molecular flexibility index (Phi) is 5.84. The third-order valence-electron chi connectivity index (χ3n) is 6.32. The zero-order valence-electron chi connectivity index (χ0n) is 18.2. The molecule has 0 N–H and O–H groups in total. The summed E-state index contributed by atoms with van der Waals surface area (Å²) < 4.78 is 0. The van der Waals surface area contributed by atoms with Crippen LogP contribution in [0.4, 0.5) is 0 Å². The molecule has 1 aliphatic heterocycles. The van der Waals surface area contributed by atoms with Crippen LogP contribution >= 0.6 is 0 Å². The highest BCUT2D eigenvalue weighted by atomic mass is 16.2. The number of hydrogen-bond acceptors (Lipinski definition) is 4. The molecule has 1 aromatic heterocycles. The van der Waals surface area contributed by atoms with Crippen molar-refractivity contribution in [2.75, 3.05) is 19.6 Å².